The van der Waals surface area contributed by atoms with E-state index in [-0.39, 0.29) is 25.8 Å². The molecule has 0 spiro atoms. The van der Waals surface area contributed by atoms with Gasteiger partial charge in [0.15, 0.2) is 6.10 Å². The molecule has 0 saturated carbocycles. The van der Waals surface area contributed by atoms with Crippen LogP contribution in [0.25, 0.3) is 0 Å². The van der Waals surface area contributed by atoms with Gasteiger partial charge >= 0.3 is 13.8 Å². The number of ether oxygens (including phenoxy) is 2. The minimum Gasteiger partial charge on any atom is -0.498 e. The number of esters is 1. The summed E-state index contributed by atoms with van der Waals surface area (Å²) >= 11 is 0. The molecule has 2 atom stereocenters. The fourth-order valence-electron chi connectivity index (χ4n) is 6.76. The van der Waals surface area contributed by atoms with E-state index in [0.717, 1.165) is 32.1 Å². The molecule has 0 aromatic rings. The largest absolute Gasteiger partial charge is 0.498 e. The van der Waals surface area contributed by atoms with Crippen molar-refractivity contribution in [1.29, 1.82) is 0 Å². The Bertz CT molecular complexity index is 894. The summed E-state index contributed by atoms with van der Waals surface area (Å²) in [5.41, 5.74) is 0. The van der Waals surface area contributed by atoms with E-state index in [2.05, 4.69) is 13.8 Å². The zero-order valence-corrected chi connectivity index (χ0v) is 38.1. The average molecular weight is 803 g/mol. The number of phosphoric acid groups is 1. The van der Waals surface area contributed by atoms with Crippen LogP contribution in [0.4, 0.5) is 0 Å². The highest BCUT2D eigenvalue weighted by atomic mass is 31.2. The van der Waals surface area contributed by atoms with Crippen LogP contribution in [0.3, 0.4) is 0 Å². The first kappa shape index (κ1) is 54.1. The van der Waals surface area contributed by atoms with Gasteiger partial charge in [-0.05, 0) is 25.3 Å². The standard InChI is InChI=1S/C46H92NO7P/c1-6-8-10-12-14-16-18-20-22-24-25-27-29-31-33-35-37-39-46(48)54-45(44-53-55(49,50)52-42-40-47(3,4)5)43-51-41-38-36-34-32-30-28-26-23-21-19-17-15-13-11-9-7-2/h38,41,45H,6-37,39-40,42-44H2,1-5H3/p+1/b41-38+/t45-/m1/s1. The Kier molecular flexibility index (Phi) is 39.2. The molecular weight excluding hydrogens is 709 g/mol. The predicted molar refractivity (Wildman–Crippen MR) is 233 cm³/mol. The Morgan fingerprint density at radius 2 is 0.945 bits per heavy atom. The molecule has 328 valence electrons. The van der Waals surface area contributed by atoms with Gasteiger partial charge < -0.3 is 18.9 Å². The molecule has 0 radical (unpaired) electrons. The number of phosphoric ester groups is 1. The van der Waals surface area contributed by atoms with E-state index in [1.165, 1.54) is 173 Å². The Morgan fingerprint density at radius 3 is 1.35 bits per heavy atom. The highest BCUT2D eigenvalue weighted by Crippen LogP contribution is 2.43. The van der Waals surface area contributed by atoms with Gasteiger partial charge in [-0.2, -0.15) is 0 Å². The number of carbonyl (C=O) groups is 1. The van der Waals surface area contributed by atoms with Crippen molar-refractivity contribution in [3.63, 3.8) is 0 Å². The van der Waals surface area contributed by atoms with Crippen molar-refractivity contribution >= 4 is 13.8 Å². The van der Waals surface area contributed by atoms with Gasteiger partial charge in [-0.15, -0.1) is 0 Å². The molecule has 0 heterocycles. The van der Waals surface area contributed by atoms with Gasteiger partial charge in [0, 0.05) is 6.42 Å². The van der Waals surface area contributed by atoms with Gasteiger partial charge in [-0.25, -0.2) is 4.57 Å². The minimum atomic E-state index is -4.29. The van der Waals surface area contributed by atoms with Gasteiger partial charge in [0.1, 0.15) is 19.8 Å². The molecule has 1 N–H and O–H groups in total. The molecule has 0 aromatic carbocycles. The van der Waals surface area contributed by atoms with Gasteiger partial charge in [0.25, 0.3) is 0 Å². The molecular formula is C46H93NO7P+. The zero-order chi connectivity index (χ0) is 40.6. The monoisotopic (exact) mass is 803 g/mol. The van der Waals surface area contributed by atoms with Crippen molar-refractivity contribution in [2.24, 2.45) is 0 Å². The number of unbranched alkanes of at least 4 members (excludes halogenated alkanes) is 30. The van der Waals surface area contributed by atoms with E-state index in [1.54, 1.807) is 6.26 Å². The van der Waals surface area contributed by atoms with Crippen molar-refractivity contribution in [2.45, 2.75) is 232 Å². The second-order valence-corrected chi connectivity index (χ2v) is 18.7. The molecule has 55 heavy (non-hydrogen) atoms. The fraction of sp³-hybridized carbons (Fsp3) is 0.935. The third-order valence-corrected chi connectivity index (χ3v) is 11.4. The molecule has 0 aliphatic carbocycles. The fourth-order valence-corrected chi connectivity index (χ4v) is 7.50. The number of allylic oxidation sites excluding steroid dienone is 1. The lowest BCUT2D eigenvalue weighted by atomic mass is 10.0. The van der Waals surface area contributed by atoms with Gasteiger partial charge in [-0.1, -0.05) is 200 Å². The molecule has 0 rings (SSSR count). The second kappa shape index (κ2) is 39.9. The lowest BCUT2D eigenvalue weighted by Crippen LogP contribution is -2.37. The van der Waals surface area contributed by atoms with Crippen LogP contribution in [-0.2, 0) is 27.9 Å². The lowest BCUT2D eigenvalue weighted by Gasteiger charge is -2.24. The first-order chi connectivity index (χ1) is 26.6. The Balaban J connectivity index is 4.21. The average Bonchev–Trinajstić information content (AvgIpc) is 3.13. The predicted octanol–water partition coefficient (Wildman–Crippen LogP) is 14.2. The van der Waals surface area contributed by atoms with Crippen LogP contribution in [0.1, 0.15) is 226 Å². The highest BCUT2D eigenvalue weighted by Gasteiger charge is 2.26. The van der Waals surface area contributed by atoms with Crippen molar-refractivity contribution in [2.75, 3.05) is 47.5 Å². The van der Waals surface area contributed by atoms with Crippen molar-refractivity contribution in [3.8, 4) is 0 Å². The first-order valence-electron chi connectivity index (χ1n) is 23.5. The van der Waals surface area contributed by atoms with Crippen LogP contribution in [0.15, 0.2) is 12.3 Å². The van der Waals surface area contributed by atoms with E-state index in [1.807, 2.05) is 27.2 Å². The molecule has 0 aliphatic heterocycles. The lowest BCUT2D eigenvalue weighted by molar-refractivity contribution is -0.870. The minimum absolute atomic E-state index is 0.0545. The summed E-state index contributed by atoms with van der Waals surface area (Å²) in [7, 11) is 1.65. The van der Waals surface area contributed by atoms with E-state index >= 15 is 0 Å². The van der Waals surface area contributed by atoms with Crippen LogP contribution in [0.2, 0.25) is 0 Å². The summed E-state index contributed by atoms with van der Waals surface area (Å²) in [6.07, 6.45) is 44.8. The number of hydrogen-bond acceptors (Lipinski definition) is 6. The van der Waals surface area contributed by atoms with Crippen LogP contribution >= 0.6 is 7.82 Å². The maximum atomic E-state index is 12.7. The third kappa shape index (κ3) is 44.0. The van der Waals surface area contributed by atoms with Crippen LogP contribution in [0.5, 0.6) is 0 Å². The molecule has 0 fully saturated rings. The van der Waals surface area contributed by atoms with Gasteiger partial charge in [0.2, 0.25) is 0 Å². The van der Waals surface area contributed by atoms with Crippen molar-refractivity contribution in [3.05, 3.63) is 12.3 Å². The molecule has 1 unspecified atom stereocenters. The Morgan fingerprint density at radius 1 is 0.564 bits per heavy atom. The zero-order valence-electron chi connectivity index (χ0n) is 37.2. The van der Waals surface area contributed by atoms with Crippen LogP contribution < -0.4 is 0 Å². The summed E-state index contributed by atoms with van der Waals surface area (Å²) in [4.78, 5) is 22.9. The second-order valence-electron chi connectivity index (χ2n) is 17.2. The molecule has 8 nitrogen and oxygen atoms in total. The van der Waals surface area contributed by atoms with Crippen molar-refractivity contribution < 1.29 is 37.3 Å². The number of likely N-dealkylation sites (N-methyl/N-ethyl adjacent to an activating group) is 1. The molecule has 0 aromatic heterocycles. The number of rotatable bonds is 44. The summed E-state index contributed by atoms with van der Waals surface area (Å²) in [5.74, 6) is -0.330. The Labute approximate surface area is 341 Å². The van der Waals surface area contributed by atoms with Crippen LogP contribution in [-0.4, -0.2) is 69.0 Å². The molecule has 0 amide bonds. The number of hydrogen-bond donors (Lipinski definition) is 1. The maximum Gasteiger partial charge on any atom is 0.472 e. The summed E-state index contributed by atoms with van der Waals surface area (Å²) in [6.45, 7) is 4.97. The number of quaternary nitrogens is 1. The summed E-state index contributed by atoms with van der Waals surface area (Å²) in [6, 6.07) is 0. The van der Waals surface area contributed by atoms with E-state index in [4.69, 9.17) is 18.5 Å². The van der Waals surface area contributed by atoms with Crippen LogP contribution in [0, 0.1) is 0 Å². The SMILES string of the molecule is CCCCCCCCCCCCCCCC/C=C/OC[C@H](COP(=O)(O)OCC[N+](C)(C)C)OC(=O)CCCCCCCCCCCCCCCCCCC. The molecule has 0 saturated heterocycles. The normalized spacial score (nSPS) is 13.7. The van der Waals surface area contributed by atoms with E-state index in [0.29, 0.717) is 17.4 Å². The molecule has 9 heteroatoms. The van der Waals surface area contributed by atoms with E-state index in [9.17, 15) is 14.3 Å². The van der Waals surface area contributed by atoms with Gasteiger partial charge in [0.05, 0.1) is 34.0 Å². The summed E-state index contributed by atoms with van der Waals surface area (Å²) < 4.78 is 34.8. The molecule has 0 bridgehead atoms. The highest BCUT2D eigenvalue weighted by molar-refractivity contribution is 7.47. The first-order valence-corrected chi connectivity index (χ1v) is 25.0. The van der Waals surface area contributed by atoms with Crippen molar-refractivity contribution in [1.82, 2.24) is 0 Å². The quantitative estimate of drug-likeness (QED) is 0.0216. The van der Waals surface area contributed by atoms with Gasteiger partial charge in [-0.3, -0.25) is 13.8 Å². The maximum absolute atomic E-state index is 12.7. The number of carbonyl (C=O) groups excluding carboxylic acids is 1. The molecule has 0 aliphatic rings. The topological polar surface area (TPSA) is 91.3 Å². The van der Waals surface area contributed by atoms with E-state index < -0.39 is 13.9 Å². The number of nitrogens with zero attached hydrogens (tertiary/aromatic N) is 1. The third-order valence-electron chi connectivity index (χ3n) is 10.4. The Hall–Kier alpha value is -0.920. The summed E-state index contributed by atoms with van der Waals surface area (Å²) in [5, 5.41) is 0. The smallest absolute Gasteiger partial charge is 0.472 e.